The Balaban J connectivity index is 1.48. The Hall–Kier alpha value is -1.31. The van der Waals surface area contributed by atoms with Gasteiger partial charge in [-0.05, 0) is 42.7 Å². The van der Waals surface area contributed by atoms with Crippen molar-refractivity contribution in [3.05, 3.63) is 35.4 Å². The summed E-state index contributed by atoms with van der Waals surface area (Å²) in [6.07, 6.45) is 6.87. The minimum absolute atomic E-state index is 0.305. The zero-order valence-corrected chi connectivity index (χ0v) is 11.7. The van der Waals surface area contributed by atoms with Gasteiger partial charge in [0.2, 0.25) is 5.91 Å². The molecule has 0 aromatic heterocycles. The number of amides is 1. The van der Waals surface area contributed by atoms with E-state index in [1.807, 2.05) is 0 Å². The first-order valence-electron chi connectivity index (χ1n) is 7.65. The molecular formula is C17H23NO. The number of hydrogen-bond acceptors (Lipinski definition) is 1. The van der Waals surface area contributed by atoms with Crippen LogP contribution in [0.3, 0.4) is 0 Å². The molecule has 1 N–H and O–H groups in total. The number of carbonyl (C=O) groups excluding carboxylic acids is 1. The summed E-state index contributed by atoms with van der Waals surface area (Å²) in [5.41, 5.74) is 2.82. The van der Waals surface area contributed by atoms with Crippen LogP contribution in [0.15, 0.2) is 24.3 Å². The largest absolute Gasteiger partial charge is 0.352 e. The number of nitrogens with one attached hydrogen (secondary N) is 1. The minimum atomic E-state index is 0.305. The zero-order chi connectivity index (χ0) is 13.2. The lowest BCUT2D eigenvalue weighted by molar-refractivity contribution is -0.123. The number of carbonyl (C=O) groups is 1. The van der Waals surface area contributed by atoms with Gasteiger partial charge in [0.05, 0.1) is 0 Å². The molecule has 1 amide bonds. The number of rotatable bonds is 5. The third-order valence-electron chi connectivity index (χ3n) is 4.59. The molecule has 2 heteroatoms. The van der Waals surface area contributed by atoms with Crippen molar-refractivity contribution >= 4 is 5.91 Å². The highest BCUT2D eigenvalue weighted by atomic mass is 16.2. The quantitative estimate of drug-likeness (QED) is 0.863. The summed E-state index contributed by atoms with van der Waals surface area (Å²) in [6, 6.07) is 8.87. The topological polar surface area (TPSA) is 29.1 Å². The summed E-state index contributed by atoms with van der Waals surface area (Å²) >= 11 is 0. The van der Waals surface area contributed by atoms with Crippen molar-refractivity contribution in [3.8, 4) is 0 Å². The summed E-state index contributed by atoms with van der Waals surface area (Å²) in [6.45, 7) is 2.22. The molecule has 0 heterocycles. The van der Waals surface area contributed by atoms with Gasteiger partial charge in [-0.1, -0.05) is 44.0 Å². The fourth-order valence-electron chi connectivity index (χ4n) is 3.32. The van der Waals surface area contributed by atoms with E-state index in [2.05, 4.69) is 36.5 Å². The number of unbranched alkanes of at least 4 members (excludes halogenated alkanes) is 1. The molecule has 1 aromatic rings. The summed E-state index contributed by atoms with van der Waals surface area (Å²) in [5.74, 6) is 1.29. The van der Waals surface area contributed by atoms with Gasteiger partial charge < -0.3 is 5.32 Å². The molecule has 0 saturated heterocycles. The van der Waals surface area contributed by atoms with Gasteiger partial charge in [-0.2, -0.15) is 0 Å². The lowest BCUT2D eigenvalue weighted by Crippen LogP contribution is -2.36. The summed E-state index contributed by atoms with van der Waals surface area (Å²) in [7, 11) is 0. The SMILES string of the molecule is CCCC[C@@H]1C[C@@H]1C(=O)NC1Cc2ccccc2C1. The Bertz CT molecular complexity index is 443. The lowest BCUT2D eigenvalue weighted by atomic mass is 10.1. The van der Waals surface area contributed by atoms with Gasteiger partial charge in [0.25, 0.3) is 0 Å². The molecule has 1 fully saturated rings. The molecule has 3 rings (SSSR count). The second kappa shape index (κ2) is 5.36. The van der Waals surface area contributed by atoms with Crippen LogP contribution in [0.5, 0.6) is 0 Å². The van der Waals surface area contributed by atoms with Crippen LogP contribution in [-0.4, -0.2) is 11.9 Å². The second-order valence-electron chi connectivity index (χ2n) is 6.13. The first-order valence-corrected chi connectivity index (χ1v) is 7.65. The maximum Gasteiger partial charge on any atom is 0.223 e. The van der Waals surface area contributed by atoms with Gasteiger partial charge in [-0.3, -0.25) is 4.79 Å². The lowest BCUT2D eigenvalue weighted by Gasteiger charge is -2.11. The number of benzene rings is 1. The molecule has 2 nitrogen and oxygen atoms in total. The zero-order valence-electron chi connectivity index (χ0n) is 11.7. The van der Waals surface area contributed by atoms with Crippen molar-refractivity contribution in [3.63, 3.8) is 0 Å². The summed E-state index contributed by atoms with van der Waals surface area (Å²) in [4.78, 5) is 12.2. The number of fused-ring (bicyclic) bond motifs is 1. The predicted octanol–water partition coefficient (Wildman–Crippen LogP) is 3.10. The monoisotopic (exact) mass is 257 g/mol. The third-order valence-corrected chi connectivity index (χ3v) is 4.59. The molecule has 2 aliphatic carbocycles. The summed E-state index contributed by atoms with van der Waals surface area (Å²) in [5, 5.41) is 3.26. The van der Waals surface area contributed by atoms with Crippen LogP contribution in [0.25, 0.3) is 0 Å². The highest BCUT2D eigenvalue weighted by molar-refractivity contribution is 5.82. The molecule has 0 bridgehead atoms. The van der Waals surface area contributed by atoms with Crippen LogP contribution in [-0.2, 0) is 17.6 Å². The van der Waals surface area contributed by atoms with Crippen molar-refractivity contribution in [1.82, 2.24) is 5.32 Å². The Morgan fingerprint density at radius 3 is 2.58 bits per heavy atom. The molecular weight excluding hydrogens is 234 g/mol. The second-order valence-corrected chi connectivity index (χ2v) is 6.13. The molecule has 0 spiro atoms. The Morgan fingerprint density at radius 1 is 1.26 bits per heavy atom. The molecule has 1 saturated carbocycles. The molecule has 0 aliphatic heterocycles. The summed E-state index contributed by atoms with van der Waals surface area (Å²) < 4.78 is 0. The average Bonchev–Trinajstić information content (AvgIpc) is 3.08. The van der Waals surface area contributed by atoms with Crippen LogP contribution in [0, 0.1) is 11.8 Å². The van der Waals surface area contributed by atoms with E-state index in [0.717, 1.165) is 19.3 Å². The Morgan fingerprint density at radius 2 is 1.95 bits per heavy atom. The third kappa shape index (κ3) is 2.83. The molecule has 0 unspecified atom stereocenters. The molecule has 0 radical (unpaired) electrons. The van der Waals surface area contributed by atoms with Gasteiger partial charge in [0, 0.05) is 12.0 Å². The van der Waals surface area contributed by atoms with Crippen LogP contribution in [0.1, 0.15) is 43.7 Å². The molecule has 1 aromatic carbocycles. The van der Waals surface area contributed by atoms with Gasteiger partial charge >= 0.3 is 0 Å². The predicted molar refractivity (Wildman–Crippen MR) is 76.9 cm³/mol. The van der Waals surface area contributed by atoms with E-state index in [-0.39, 0.29) is 0 Å². The van der Waals surface area contributed by atoms with E-state index in [9.17, 15) is 4.79 Å². The normalized spacial score (nSPS) is 25.1. The van der Waals surface area contributed by atoms with E-state index in [0.29, 0.717) is 23.8 Å². The average molecular weight is 257 g/mol. The van der Waals surface area contributed by atoms with E-state index >= 15 is 0 Å². The molecule has 102 valence electrons. The van der Waals surface area contributed by atoms with Crippen molar-refractivity contribution in [1.29, 1.82) is 0 Å². The standard InChI is InChI=1S/C17H23NO/c1-2-3-6-14-11-16(14)17(19)18-15-9-12-7-4-5-8-13(12)10-15/h4-5,7-8,14-16H,2-3,6,9-11H2,1H3,(H,18,19)/t14-,16+/m1/s1. The van der Waals surface area contributed by atoms with Crippen molar-refractivity contribution in [2.75, 3.05) is 0 Å². The Labute approximate surface area is 115 Å². The highest BCUT2D eigenvalue weighted by Gasteiger charge is 2.42. The maximum absolute atomic E-state index is 12.2. The van der Waals surface area contributed by atoms with E-state index in [1.54, 1.807) is 0 Å². The van der Waals surface area contributed by atoms with Gasteiger partial charge in [0.1, 0.15) is 0 Å². The maximum atomic E-state index is 12.2. The van der Waals surface area contributed by atoms with Crippen LogP contribution < -0.4 is 5.32 Å². The van der Waals surface area contributed by atoms with E-state index < -0.39 is 0 Å². The van der Waals surface area contributed by atoms with E-state index in [4.69, 9.17) is 0 Å². The molecule has 19 heavy (non-hydrogen) atoms. The fraction of sp³-hybridized carbons (Fsp3) is 0.588. The van der Waals surface area contributed by atoms with Crippen molar-refractivity contribution < 1.29 is 4.79 Å². The minimum Gasteiger partial charge on any atom is -0.352 e. The van der Waals surface area contributed by atoms with Crippen LogP contribution in [0.2, 0.25) is 0 Å². The molecule has 2 atom stereocenters. The van der Waals surface area contributed by atoms with Crippen molar-refractivity contribution in [2.45, 2.75) is 51.5 Å². The van der Waals surface area contributed by atoms with Crippen LogP contribution >= 0.6 is 0 Å². The Kier molecular flexibility index (Phi) is 3.58. The number of hydrogen-bond donors (Lipinski definition) is 1. The van der Waals surface area contributed by atoms with Crippen LogP contribution in [0.4, 0.5) is 0 Å². The molecule has 2 aliphatic rings. The van der Waals surface area contributed by atoms with Crippen molar-refractivity contribution in [2.24, 2.45) is 11.8 Å². The fourth-order valence-corrected chi connectivity index (χ4v) is 3.32. The first kappa shape index (κ1) is 12.7. The highest BCUT2D eigenvalue weighted by Crippen LogP contribution is 2.42. The van der Waals surface area contributed by atoms with E-state index in [1.165, 1.54) is 30.4 Å². The van der Waals surface area contributed by atoms with Gasteiger partial charge in [-0.25, -0.2) is 0 Å². The van der Waals surface area contributed by atoms with Gasteiger partial charge in [0.15, 0.2) is 0 Å². The smallest absolute Gasteiger partial charge is 0.223 e. The van der Waals surface area contributed by atoms with Gasteiger partial charge in [-0.15, -0.1) is 0 Å². The first-order chi connectivity index (χ1) is 9.28.